The zero-order chi connectivity index (χ0) is 9.97. The molecule has 1 heterocycles. The summed E-state index contributed by atoms with van der Waals surface area (Å²) < 4.78 is 0. The van der Waals surface area contributed by atoms with Crippen molar-refractivity contribution in [1.29, 1.82) is 0 Å². The van der Waals surface area contributed by atoms with Gasteiger partial charge in [0.25, 0.3) is 0 Å². The lowest BCUT2D eigenvalue weighted by Gasteiger charge is -2.26. The van der Waals surface area contributed by atoms with Crippen LogP contribution in [0.15, 0.2) is 23.0 Å². The van der Waals surface area contributed by atoms with Crippen molar-refractivity contribution in [1.82, 2.24) is 10.9 Å². The van der Waals surface area contributed by atoms with Gasteiger partial charge in [-0.15, -0.1) is 0 Å². The highest BCUT2D eigenvalue weighted by atomic mass is 15.4. The fraction of sp³-hybridized carbons (Fsp3) is 0.667. The van der Waals surface area contributed by atoms with E-state index in [4.69, 9.17) is 0 Å². The topological polar surface area (TPSA) is 24.1 Å². The highest BCUT2D eigenvalue weighted by Crippen LogP contribution is 2.31. The molecule has 2 nitrogen and oxygen atoms in total. The van der Waals surface area contributed by atoms with Gasteiger partial charge in [-0.1, -0.05) is 13.3 Å². The molecule has 2 rings (SSSR count). The van der Waals surface area contributed by atoms with Crippen LogP contribution >= 0.6 is 0 Å². The van der Waals surface area contributed by atoms with E-state index in [9.17, 15) is 0 Å². The van der Waals surface area contributed by atoms with Crippen LogP contribution in [0.25, 0.3) is 0 Å². The first-order valence-electron chi connectivity index (χ1n) is 5.68. The molecule has 2 N–H and O–H groups in total. The van der Waals surface area contributed by atoms with Gasteiger partial charge in [0.2, 0.25) is 0 Å². The van der Waals surface area contributed by atoms with Gasteiger partial charge in [-0.25, -0.2) is 0 Å². The van der Waals surface area contributed by atoms with Crippen molar-refractivity contribution < 1.29 is 0 Å². The molecule has 1 aliphatic heterocycles. The summed E-state index contributed by atoms with van der Waals surface area (Å²) in [7, 11) is 0. The molecule has 0 aromatic heterocycles. The summed E-state index contributed by atoms with van der Waals surface area (Å²) in [5.41, 5.74) is 10.7. The van der Waals surface area contributed by atoms with Crippen LogP contribution in [0.1, 0.15) is 46.0 Å². The summed E-state index contributed by atoms with van der Waals surface area (Å²) >= 11 is 0. The van der Waals surface area contributed by atoms with Crippen molar-refractivity contribution in [3.8, 4) is 0 Å². The van der Waals surface area contributed by atoms with Crippen molar-refractivity contribution >= 4 is 0 Å². The maximum Gasteiger partial charge on any atom is 0.0318 e. The minimum Gasteiger partial charge on any atom is -0.308 e. The highest BCUT2D eigenvalue weighted by molar-refractivity contribution is 5.36. The van der Waals surface area contributed by atoms with Gasteiger partial charge in [0, 0.05) is 11.9 Å². The third-order valence-electron chi connectivity index (χ3n) is 3.38. The Bertz CT molecular complexity index is 276. The van der Waals surface area contributed by atoms with Crippen molar-refractivity contribution in [2.24, 2.45) is 5.92 Å². The normalized spacial score (nSPS) is 27.9. The molecule has 0 aromatic carbocycles. The monoisotopic (exact) mass is 192 g/mol. The number of fused-ring (bicyclic) bond motifs is 1. The van der Waals surface area contributed by atoms with E-state index in [1.807, 2.05) is 0 Å². The first-order valence-corrected chi connectivity index (χ1v) is 5.68. The van der Waals surface area contributed by atoms with Gasteiger partial charge in [0.15, 0.2) is 0 Å². The van der Waals surface area contributed by atoms with Crippen molar-refractivity contribution in [2.45, 2.75) is 46.0 Å². The Kier molecular flexibility index (Phi) is 2.80. The molecular weight excluding hydrogens is 172 g/mol. The smallest absolute Gasteiger partial charge is 0.0318 e. The summed E-state index contributed by atoms with van der Waals surface area (Å²) in [6, 6.07) is 0. The first kappa shape index (κ1) is 9.63. The Morgan fingerprint density at radius 1 is 1.29 bits per heavy atom. The average Bonchev–Trinajstić information content (AvgIpc) is 2.14. The standard InChI is InChI=1S/C12H20N2/c1-9-4-3-5-12-10(2)14-13-8-11(12)7-6-9/h8-9,13-14H,3-7H2,1-2H3. The Hall–Kier alpha value is -0.920. The minimum absolute atomic E-state index is 0.896. The number of rotatable bonds is 0. The Morgan fingerprint density at radius 2 is 2.14 bits per heavy atom. The quantitative estimate of drug-likeness (QED) is 0.616. The number of hydrogen-bond acceptors (Lipinski definition) is 2. The first-order chi connectivity index (χ1) is 6.77. The van der Waals surface area contributed by atoms with Crippen LogP contribution in [0.2, 0.25) is 0 Å². The molecule has 2 heteroatoms. The van der Waals surface area contributed by atoms with Crippen LogP contribution in [0.4, 0.5) is 0 Å². The molecule has 1 aliphatic carbocycles. The molecule has 2 aliphatic rings. The maximum absolute atomic E-state index is 3.19. The number of hydrazine groups is 1. The van der Waals surface area contributed by atoms with Crippen LogP contribution in [-0.4, -0.2) is 0 Å². The molecular formula is C12H20N2. The van der Waals surface area contributed by atoms with E-state index in [1.165, 1.54) is 43.4 Å². The van der Waals surface area contributed by atoms with Crippen LogP contribution in [0.5, 0.6) is 0 Å². The fourth-order valence-corrected chi connectivity index (χ4v) is 2.38. The maximum atomic E-state index is 3.19. The molecule has 0 bridgehead atoms. The van der Waals surface area contributed by atoms with Crippen molar-refractivity contribution in [3.63, 3.8) is 0 Å². The van der Waals surface area contributed by atoms with E-state index >= 15 is 0 Å². The van der Waals surface area contributed by atoms with E-state index < -0.39 is 0 Å². The molecule has 78 valence electrons. The molecule has 1 atom stereocenters. The van der Waals surface area contributed by atoms with E-state index in [0.717, 1.165) is 5.92 Å². The van der Waals surface area contributed by atoms with Gasteiger partial charge in [-0.05, 0) is 49.7 Å². The summed E-state index contributed by atoms with van der Waals surface area (Å²) in [6.45, 7) is 4.54. The van der Waals surface area contributed by atoms with Crippen LogP contribution in [-0.2, 0) is 0 Å². The lowest BCUT2D eigenvalue weighted by Crippen LogP contribution is -2.30. The lowest BCUT2D eigenvalue weighted by molar-refractivity contribution is 0.455. The molecule has 14 heavy (non-hydrogen) atoms. The second-order valence-corrected chi connectivity index (χ2v) is 4.58. The SMILES string of the molecule is CC1=C2CCCC(C)CCC2=CNN1. The predicted octanol–water partition coefficient (Wildman–Crippen LogP) is 2.85. The summed E-state index contributed by atoms with van der Waals surface area (Å²) in [5, 5.41) is 0. The number of allylic oxidation sites excluding steroid dienone is 3. The molecule has 1 fully saturated rings. The average molecular weight is 192 g/mol. The molecule has 0 aromatic rings. The molecule has 1 saturated carbocycles. The van der Waals surface area contributed by atoms with E-state index in [2.05, 4.69) is 30.9 Å². The van der Waals surface area contributed by atoms with E-state index in [-0.39, 0.29) is 0 Å². The van der Waals surface area contributed by atoms with E-state index in [0.29, 0.717) is 0 Å². The van der Waals surface area contributed by atoms with Crippen LogP contribution < -0.4 is 10.9 Å². The van der Waals surface area contributed by atoms with Gasteiger partial charge in [-0.2, -0.15) is 0 Å². The van der Waals surface area contributed by atoms with Crippen molar-refractivity contribution in [2.75, 3.05) is 0 Å². The lowest BCUT2D eigenvalue weighted by atomic mass is 9.86. The fourth-order valence-electron chi connectivity index (χ4n) is 2.38. The summed E-state index contributed by atoms with van der Waals surface area (Å²) in [5.74, 6) is 0.896. The zero-order valence-corrected chi connectivity index (χ0v) is 9.19. The van der Waals surface area contributed by atoms with Crippen LogP contribution in [0, 0.1) is 5.92 Å². The molecule has 1 unspecified atom stereocenters. The van der Waals surface area contributed by atoms with Gasteiger partial charge in [0.1, 0.15) is 0 Å². The van der Waals surface area contributed by atoms with Crippen molar-refractivity contribution in [3.05, 3.63) is 23.0 Å². The highest BCUT2D eigenvalue weighted by Gasteiger charge is 2.17. The largest absolute Gasteiger partial charge is 0.308 e. The number of hydrogen-bond donors (Lipinski definition) is 2. The minimum atomic E-state index is 0.896. The Labute approximate surface area is 86.4 Å². The predicted molar refractivity (Wildman–Crippen MR) is 59.3 cm³/mol. The zero-order valence-electron chi connectivity index (χ0n) is 9.19. The van der Waals surface area contributed by atoms with Gasteiger partial charge in [-0.3, -0.25) is 0 Å². The molecule has 0 amide bonds. The second kappa shape index (κ2) is 4.07. The van der Waals surface area contributed by atoms with Gasteiger partial charge >= 0.3 is 0 Å². The third-order valence-corrected chi connectivity index (χ3v) is 3.38. The third kappa shape index (κ3) is 1.94. The molecule has 0 spiro atoms. The van der Waals surface area contributed by atoms with E-state index in [1.54, 1.807) is 5.57 Å². The molecule has 0 radical (unpaired) electrons. The van der Waals surface area contributed by atoms with Gasteiger partial charge < -0.3 is 10.9 Å². The van der Waals surface area contributed by atoms with Crippen LogP contribution in [0.3, 0.4) is 0 Å². The second-order valence-electron chi connectivity index (χ2n) is 4.58. The molecule has 0 saturated heterocycles. The Balaban J connectivity index is 2.15. The van der Waals surface area contributed by atoms with Gasteiger partial charge in [0.05, 0.1) is 0 Å². The number of nitrogens with one attached hydrogen (secondary N) is 2. The Morgan fingerprint density at radius 3 is 3.00 bits per heavy atom. The summed E-state index contributed by atoms with van der Waals surface area (Å²) in [4.78, 5) is 0. The summed E-state index contributed by atoms with van der Waals surface area (Å²) in [6.07, 6.45) is 8.69.